The molecule has 1 fully saturated rings. The molecule has 0 aromatic carbocycles. The summed E-state index contributed by atoms with van der Waals surface area (Å²) >= 11 is 4.71. The van der Waals surface area contributed by atoms with Gasteiger partial charge < -0.3 is 0 Å². The molecule has 76 valence electrons. The van der Waals surface area contributed by atoms with Crippen molar-refractivity contribution < 1.29 is 4.79 Å². The molecule has 0 amide bonds. The normalized spacial score (nSPS) is 19.9. The lowest BCUT2D eigenvalue weighted by Crippen LogP contribution is -2.24. The third-order valence-electron chi connectivity index (χ3n) is 2.93. The SMILES string of the molecule is CC1(C(=O)c2nc(Br)cs2)CCCC1. The Balaban J connectivity index is 2.23. The zero-order valence-electron chi connectivity index (χ0n) is 8.05. The molecule has 0 unspecified atom stereocenters. The van der Waals surface area contributed by atoms with Crippen molar-refractivity contribution in [3.05, 3.63) is 15.0 Å². The first-order valence-electron chi connectivity index (χ1n) is 4.78. The third kappa shape index (κ3) is 1.77. The van der Waals surface area contributed by atoms with Gasteiger partial charge in [-0.3, -0.25) is 4.79 Å². The van der Waals surface area contributed by atoms with Gasteiger partial charge >= 0.3 is 0 Å². The fraction of sp³-hybridized carbons (Fsp3) is 0.600. The summed E-state index contributed by atoms with van der Waals surface area (Å²) in [6.07, 6.45) is 4.38. The van der Waals surface area contributed by atoms with Gasteiger partial charge in [-0.15, -0.1) is 11.3 Å². The van der Waals surface area contributed by atoms with Crippen molar-refractivity contribution in [3.63, 3.8) is 0 Å². The van der Waals surface area contributed by atoms with Crippen LogP contribution in [0.15, 0.2) is 9.98 Å². The van der Waals surface area contributed by atoms with Crippen LogP contribution in [0, 0.1) is 5.41 Å². The van der Waals surface area contributed by atoms with Crippen molar-refractivity contribution in [2.75, 3.05) is 0 Å². The number of hydrogen-bond acceptors (Lipinski definition) is 3. The zero-order chi connectivity index (χ0) is 10.2. The first-order valence-corrected chi connectivity index (χ1v) is 6.45. The van der Waals surface area contributed by atoms with Crippen molar-refractivity contribution >= 4 is 33.0 Å². The highest BCUT2D eigenvalue weighted by Gasteiger charge is 2.37. The molecule has 1 aromatic rings. The summed E-state index contributed by atoms with van der Waals surface area (Å²) in [7, 11) is 0. The molecule has 2 nitrogen and oxygen atoms in total. The first kappa shape index (κ1) is 10.3. The van der Waals surface area contributed by atoms with Crippen LogP contribution >= 0.6 is 27.3 Å². The molecule has 0 spiro atoms. The minimum atomic E-state index is -0.142. The quantitative estimate of drug-likeness (QED) is 0.770. The molecule has 14 heavy (non-hydrogen) atoms. The fourth-order valence-corrected chi connectivity index (χ4v) is 3.34. The van der Waals surface area contributed by atoms with Gasteiger partial charge in [-0.25, -0.2) is 4.98 Å². The van der Waals surface area contributed by atoms with Crippen LogP contribution in [-0.4, -0.2) is 10.8 Å². The standard InChI is InChI=1S/C10H12BrNOS/c1-10(4-2-3-5-10)8(13)9-12-7(11)6-14-9/h6H,2-5H2,1H3. The van der Waals surface area contributed by atoms with Crippen LogP contribution in [0.4, 0.5) is 0 Å². The molecule has 0 atom stereocenters. The summed E-state index contributed by atoms with van der Waals surface area (Å²) in [5.41, 5.74) is -0.142. The van der Waals surface area contributed by atoms with Gasteiger partial charge in [0.25, 0.3) is 0 Å². The lowest BCUT2D eigenvalue weighted by atomic mass is 9.84. The lowest BCUT2D eigenvalue weighted by Gasteiger charge is -2.19. The van der Waals surface area contributed by atoms with Crippen LogP contribution in [0.1, 0.15) is 42.4 Å². The van der Waals surface area contributed by atoms with Gasteiger partial charge in [0, 0.05) is 10.8 Å². The van der Waals surface area contributed by atoms with Gasteiger partial charge in [0.15, 0.2) is 10.8 Å². The molecular weight excluding hydrogens is 262 g/mol. The van der Waals surface area contributed by atoms with Crippen LogP contribution in [0.3, 0.4) is 0 Å². The van der Waals surface area contributed by atoms with E-state index in [0.717, 1.165) is 17.4 Å². The minimum absolute atomic E-state index is 0.142. The second kappa shape index (κ2) is 3.74. The van der Waals surface area contributed by atoms with Crippen LogP contribution in [-0.2, 0) is 0 Å². The van der Waals surface area contributed by atoms with Gasteiger partial charge in [-0.2, -0.15) is 0 Å². The van der Waals surface area contributed by atoms with E-state index in [9.17, 15) is 4.79 Å². The van der Waals surface area contributed by atoms with E-state index in [4.69, 9.17) is 0 Å². The number of ketones is 1. The Labute approximate surface area is 95.9 Å². The van der Waals surface area contributed by atoms with E-state index in [1.807, 2.05) is 5.38 Å². The van der Waals surface area contributed by atoms with E-state index >= 15 is 0 Å². The third-order valence-corrected chi connectivity index (χ3v) is 4.48. The van der Waals surface area contributed by atoms with E-state index in [-0.39, 0.29) is 11.2 Å². The topological polar surface area (TPSA) is 30.0 Å². The maximum Gasteiger partial charge on any atom is 0.197 e. The number of halogens is 1. The average molecular weight is 274 g/mol. The van der Waals surface area contributed by atoms with E-state index in [0.29, 0.717) is 5.01 Å². The molecule has 1 aliphatic rings. The van der Waals surface area contributed by atoms with Crippen LogP contribution in [0.25, 0.3) is 0 Å². The number of Topliss-reactive ketones (excluding diaryl/α,β-unsaturated/α-hetero) is 1. The van der Waals surface area contributed by atoms with E-state index < -0.39 is 0 Å². The van der Waals surface area contributed by atoms with Gasteiger partial charge in [-0.05, 0) is 28.8 Å². The molecular formula is C10H12BrNOS. The molecule has 0 radical (unpaired) electrons. The van der Waals surface area contributed by atoms with Crippen molar-refractivity contribution in [1.82, 2.24) is 4.98 Å². The molecule has 0 aliphatic heterocycles. The number of rotatable bonds is 2. The van der Waals surface area contributed by atoms with Gasteiger partial charge in [0.05, 0.1) is 0 Å². The summed E-state index contributed by atoms with van der Waals surface area (Å²) in [4.78, 5) is 16.3. The molecule has 1 heterocycles. The second-order valence-corrected chi connectivity index (χ2v) is 5.74. The largest absolute Gasteiger partial charge is 0.291 e. The fourth-order valence-electron chi connectivity index (χ4n) is 2.00. The summed E-state index contributed by atoms with van der Waals surface area (Å²) in [5, 5.41) is 2.52. The highest BCUT2D eigenvalue weighted by molar-refractivity contribution is 9.10. The van der Waals surface area contributed by atoms with Gasteiger partial charge in [0.2, 0.25) is 0 Å². The number of hydrogen-bond donors (Lipinski definition) is 0. The van der Waals surface area contributed by atoms with E-state index in [2.05, 4.69) is 27.8 Å². The predicted octanol–water partition coefficient (Wildman–Crippen LogP) is 3.67. The second-order valence-electron chi connectivity index (χ2n) is 4.07. The van der Waals surface area contributed by atoms with Crippen LogP contribution in [0.5, 0.6) is 0 Å². The van der Waals surface area contributed by atoms with Crippen molar-refractivity contribution in [2.45, 2.75) is 32.6 Å². The number of nitrogens with zero attached hydrogens (tertiary/aromatic N) is 1. The molecule has 0 N–H and O–H groups in total. The molecule has 0 saturated heterocycles. The summed E-state index contributed by atoms with van der Waals surface area (Å²) in [5.74, 6) is 0.228. The Hall–Kier alpha value is -0.220. The maximum absolute atomic E-state index is 12.1. The highest BCUT2D eigenvalue weighted by atomic mass is 79.9. The van der Waals surface area contributed by atoms with Crippen LogP contribution < -0.4 is 0 Å². The lowest BCUT2D eigenvalue weighted by molar-refractivity contribution is 0.0823. The Morgan fingerprint density at radius 1 is 1.57 bits per heavy atom. The van der Waals surface area contributed by atoms with Gasteiger partial charge in [0.1, 0.15) is 4.60 Å². The van der Waals surface area contributed by atoms with Crippen LogP contribution in [0.2, 0.25) is 0 Å². The average Bonchev–Trinajstić information content (AvgIpc) is 2.74. The summed E-state index contributed by atoms with van der Waals surface area (Å²) in [6.45, 7) is 2.07. The summed E-state index contributed by atoms with van der Waals surface area (Å²) in [6, 6.07) is 0. The first-order chi connectivity index (χ1) is 6.62. The minimum Gasteiger partial charge on any atom is -0.291 e. The van der Waals surface area contributed by atoms with Crippen molar-refractivity contribution in [2.24, 2.45) is 5.41 Å². The smallest absolute Gasteiger partial charge is 0.197 e. The summed E-state index contributed by atoms with van der Waals surface area (Å²) < 4.78 is 0.771. The molecule has 0 bridgehead atoms. The molecule has 1 aliphatic carbocycles. The Kier molecular flexibility index (Phi) is 2.75. The number of aromatic nitrogens is 1. The zero-order valence-corrected chi connectivity index (χ0v) is 10.4. The highest BCUT2D eigenvalue weighted by Crippen LogP contribution is 2.40. The number of carbonyl (C=O) groups is 1. The molecule has 1 saturated carbocycles. The van der Waals surface area contributed by atoms with Crippen molar-refractivity contribution in [1.29, 1.82) is 0 Å². The number of thiazole rings is 1. The number of carbonyl (C=O) groups excluding carboxylic acids is 1. The molecule has 2 rings (SSSR count). The maximum atomic E-state index is 12.1. The Bertz CT molecular complexity index is 355. The van der Waals surface area contributed by atoms with Crippen molar-refractivity contribution in [3.8, 4) is 0 Å². The molecule has 1 aromatic heterocycles. The predicted molar refractivity (Wildman–Crippen MR) is 60.7 cm³/mol. The van der Waals surface area contributed by atoms with E-state index in [1.54, 1.807) is 0 Å². The molecule has 4 heteroatoms. The Morgan fingerprint density at radius 2 is 2.21 bits per heavy atom. The van der Waals surface area contributed by atoms with Gasteiger partial charge in [-0.1, -0.05) is 19.8 Å². The monoisotopic (exact) mass is 273 g/mol. The Morgan fingerprint density at radius 3 is 2.71 bits per heavy atom. The van der Waals surface area contributed by atoms with E-state index in [1.165, 1.54) is 24.2 Å².